The molecule has 0 aromatic rings. The van der Waals surface area contributed by atoms with Crippen molar-refractivity contribution in [1.29, 1.82) is 0 Å². The van der Waals surface area contributed by atoms with Gasteiger partial charge in [-0.3, -0.25) is 4.79 Å². The highest BCUT2D eigenvalue weighted by Crippen LogP contribution is 2.07. The summed E-state index contributed by atoms with van der Waals surface area (Å²) in [7, 11) is 0. The molecule has 0 spiro atoms. The van der Waals surface area contributed by atoms with Gasteiger partial charge < -0.3 is 4.74 Å². The van der Waals surface area contributed by atoms with Crippen LogP contribution in [-0.2, 0) is 9.53 Å². The van der Waals surface area contributed by atoms with E-state index in [0.717, 1.165) is 25.7 Å². The molecule has 0 aliphatic rings. The Kier molecular flexibility index (Phi) is 14.6. The Morgan fingerprint density at radius 3 is 2.21 bits per heavy atom. The van der Waals surface area contributed by atoms with Crippen LogP contribution in [-0.4, -0.2) is 12.6 Å². The van der Waals surface area contributed by atoms with E-state index in [4.69, 9.17) is 4.74 Å². The Bertz CT molecular complexity index is 221. The summed E-state index contributed by atoms with van der Waals surface area (Å²) in [6.07, 6.45) is 16.9. The third-order valence-electron chi connectivity index (χ3n) is 3.17. The van der Waals surface area contributed by atoms with Crippen molar-refractivity contribution in [2.45, 2.75) is 84.5 Å². The van der Waals surface area contributed by atoms with Gasteiger partial charge in [-0.1, -0.05) is 64.5 Å². The highest BCUT2D eigenvalue weighted by Gasteiger charge is 1.99. The molecular weight excluding hydrogens is 236 g/mol. The maximum absolute atomic E-state index is 11.3. The van der Waals surface area contributed by atoms with Crippen molar-refractivity contribution in [1.82, 2.24) is 0 Å². The van der Waals surface area contributed by atoms with Gasteiger partial charge >= 0.3 is 5.97 Å². The van der Waals surface area contributed by atoms with E-state index in [2.05, 4.69) is 26.0 Å². The van der Waals surface area contributed by atoms with Crippen LogP contribution in [0.1, 0.15) is 84.5 Å². The van der Waals surface area contributed by atoms with Crippen molar-refractivity contribution in [3.05, 3.63) is 12.2 Å². The van der Waals surface area contributed by atoms with E-state index in [0.29, 0.717) is 13.0 Å². The van der Waals surface area contributed by atoms with E-state index in [9.17, 15) is 4.79 Å². The number of unbranched alkanes of at least 4 members (excludes halogenated alkanes) is 7. The Hall–Kier alpha value is -0.790. The summed E-state index contributed by atoms with van der Waals surface area (Å²) < 4.78 is 5.09. The van der Waals surface area contributed by atoms with Gasteiger partial charge in [0, 0.05) is 6.42 Å². The van der Waals surface area contributed by atoms with Crippen LogP contribution >= 0.6 is 0 Å². The fourth-order valence-corrected chi connectivity index (χ4v) is 1.88. The number of hydrogen-bond acceptors (Lipinski definition) is 2. The average Bonchev–Trinajstić information content (AvgIpc) is 2.41. The molecule has 0 atom stereocenters. The molecular formula is C17H32O2. The molecule has 19 heavy (non-hydrogen) atoms. The molecule has 0 amide bonds. The zero-order valence-corrected chi connectivity index (χ0v) is 13.0. The van der Waals surface area contributed by atoms with Crippen molar-refractivity contribution in [2.75, 3.05) is 6.61 Å². The van der Waals surface area contributed by atoms with Crippen molar-refractivity contribution >= 4 is 5.97 Å². The summed E-state index contributed by atoms with van der Waals surface area (Å²) in [6.45, 7) is 4.92. The first kappa shape index (κ1) is 18.2. The minimum Gasteiger partial charge on any atom is -0.466 e. The van der Waals surface area contributed by atoms with Gasteiger partial charge in [0.2, 0.25) is 0 Å². The van der Waals surface area contributed by atoms with E-state index in [1.54, 1.807) is 0 Å². The van der Waals surface area contributed by atoms with Crippen LogP contribution in [0.4, 0.5) is 0 Å². The van der Waals surface area contributed by atoms with Crippen LogP contribution in [0.15, 0.2) is 12.2 Å². The van der Waals surface area contributed by atoms with E-state index in [1.807, 2.05) is 0 Å². The highest BCUT2D eigenvalue weighted by atomic mass is 16.5. The quantitative estimate of drug-likeness (QED) is 0.253. The summed E-state index contributed by atoms with van der Waals surface area (Å²) in [6, 6.07) is 0. The number of hydrogen-bond donors (Lipinski definition) is 0. The van der Waals surface area contributed by atoms with Crippen LogP contribution in [0.5, 0.6) is 0 Å². The minimum atomic E-state index is -0.0577. The lowest BCUT2D eigenvalue weighted by molar-refractivity contribution is -0.143. The third-order valence-corrected chi connectivity index (χ3v) is 3.17. The monoisotopic (exact) mass is 268 g/mol. The maximum atomic E-state index is 11.3. The number of esters is 1. The Balaban J connectivity index is 3.22. The number of ether oxygens (including phenoxy) is 1. The molecule has 0 unspecified atom stereocenters. The topological polar surface area (TPSA) is 26.3 Å². The first-order valence-corrected chi connectivity index (χ1v) is 8.11. The van der Waals surface area contributed by atoms with Crippen LogP contribution in [0.3, 0.4) is 0 Å². The van der Waals surface area contributed by atoms with Gasteiger partial charge in [-0.25, -0.2) is 0 Å². The fourth-order valence-electron chi connectivity index (χ4n) is 1.88. The molecule has 0 rings (SSSR count). The Morgan fingerprint density at radius 2 is 1.47 bits per heavy atom. The van der Waals surface area contributed by atoms with Crippen molar-refractivity contribution in [3.63, 3.8) is 0 Å². The standard InChI is InChI=1S/C17H32O2/c1-3-5-7-8-9-10-11-12-13-14-15-17(18)19-16-6-4-2/h12-13H,3-11,14-16H2,1-2H3. The lowest BCUT2D eigenvalue weighted by Gasteiger charge is -2.01. The third kappa shape index (κ3) is 15.2. The Morgan fingerprint density at radius 1 is 0.842 bits per heavy atom. The predicted octanol–water partition coefficient (Wildman–Crippen LogP) is 5.42. The number of carbonyl (C=O) groups excluding carboxylic acids is 1. The molecule has 0 saturated heterocycles. The molecule has 2 nitrogen and oxygen atoms in total. The first-order valence-electron chi connectivity index (χ1n) is 8.11. The van der Waals surface area contributed by atoms with Gasteiger partial charge in [0.05, 0.1) is 6.61 Å². The molecule has 0 aliphatic carbocycles. The summed E-state index contributed by atoms with van der Waals surface area (Å²) in [5, 5.41) is 0. The molecule has 0 aromatic carbocycles. The van der Waals surface area contributed by atoms with Gasteiger partial charge in [0.15, 0.2) is 0 Å². The molecule has 0 fully saturated rings. The summed E-state index contributed by atoms with van der Waals surface area (Å²) in [5.74, 6) is -0.0577. The predicted molar refractivity (Wildman–Crippen MR) is 82.2 cm³/mol. The number of carbonyl (C=O) groups is 1. The van der Waals surface area contributed by atoms with Gasteiger partial charge in [-0.05, 0) is 25.7 Å². The molecule has 0 saturated carbocycles. The normalized spacial score (nSPS) is 11.1. The van der Waals surface area contributed by atoms with Gasteiger partial charge in [0.1, 0.15) is 0 Å². The van der Waals surface area contributed by atoms with Crippen molar-refractivity contribution < 1.29 is 9.53 Å². The number of allylic oxidation sites excluding steroid dienone is 2. The molecule has 0 N–H and O–H groups in total. The molecule has 2 heteroatoms. The summed E-state index contributed by atoms with van der Waals surface area (Å²) in [4.78, 5) is 11.3. The lowest BCUT2D eigenvalue weighted by atomic mass is 10.1. The van der Waals surface area contributed by atoms with Gasteiger partial charge in [-0.2, -0.15) is 0 Å². The van der Waals surface area contributed by atoms with Crippen LogP contribution in [0.2, 0.25) is 0 Å². The minimum absolute atomic E-state index is 0.0577. The molecule has 112 valence electrons. The highest BCUT2D eigenvalue weighted by molar-refractivity contribution is 5.69. The fraction of sp³-hybridized carbons (Fsp3) is 0.824. The average molecular weight is 268 g/mol. The zero-order valence-electron chi connectivity index (χ0n) is 13.0. The van der Waals surface area contributed by atoms with E-state index in [-0.39, 0.29) is 5.97 Å². The molecule has 0 aliphatic heterocycles. The zero-order chi connectivity index (χ0) is 14.2. The maximum Gasteiger partial charge on any atom is 0.306 e. The van der Waals surface area contributed by atoms with E-state index >= 15 is 0 Å². The largest absolute Gasteiger partial charge is 0.466 e. The Labute approximate surface area is 119 Å². The van der Waals surface area contributed by atoms with E-state index in [1.165, 1.54) is 38.5 Å². The second-order valence-corrected chi connectivity index (χ2v) is 5.14. The van der Waals surface area contributed by atoms with E-state index < -0.39 is 0 Å². The molecule has 0 heterocycles. The van der Waals surface area contributed by atoms with Gasteiger partial charge in [-0.15, -0.1) is 0 Å². The smallest absolute Gasteiger partial charge is 0.306 e. The SMILES string of the molecule is CCCCCCCCC=CCCC(=O)OCCCC. The van der Waals surface area contributed by atoms with Gasteiger partial charge in [0.25, 0.3) is 0 Å². The van der Waals surface area contributed by atoms with Crippen LogP contribution in [0.25, 0.3) is 0 Å². The lowest BCUT2D eigenvalue weighted by Crippen LogP contribution is -2.04. The number of rotatable bonds is 13. The molecule has 0 aromatic heterocycles. The first-order chi connectivity index (χ1) is 9.31. The molecule has 0 radical (unpaired) electrons. The van der Waals surface area contributed by atoms with Crippen molar-refractivity contribution in [3.8, 4) is 0 Å². The summed E-state index contributed by atoms with van der Waals surface area (Å²) in [5.41, 5.74) is 0. The molecule has 0 bridgehead atoms. The second kappa shape index (κ2) is 15.3. The second-order valence-electron chi connectivity index (χ2n) is 5.14. The van der Waals surface area contributed by atoms with Crippen LogP contribution in [0, 0.1) is 0 Å². The summed E-state index contributed by atoms with van der Waals surface area (Å²) >= 11 is 0. The van der Waals surface area contributed by atoms with Crippen LogP contribution < -0.4 is 0 Å². The van der Waals surface area contributed by atoms with Crippen molar-refractivity contribution in [2.24, 2.45) is 0 Å².